The van der Waals surface area contributed by atoms with Gasteiger partial charge in [-0.05, 0) is 0 Å². The second-order valence-electron chi connectivity index (χ2n) is 22.8. The molecular weight excluding hydrogens is 1040 g/mol. The zero-order valence-electron chi connectivity index (χ0n) is 44.5. The van der Waals surface area contributed by atoms with Crippen molar-refractivity contribution in [3.8, 4) is 55.6 Å². The van der Waals surface area contributed by atoms with E-state index in [2.05, 4.69) is 272 Å². The van der Waals surface area contributed by atoms with E-state index >= 15 is 0 Å². The number of hydrogen-bond donors (Lipinski definition) is 0. The van der Waals surface area contributed by atoms with Crippen LogP contribution in [-0.2, 0) is 51.4 Å². The van der Waals surface area contributed by atoms with Crippen molar-refractivity contribution in [3.05, 3.63) is 267 Å². The summed E-state index contributed by atoms with van der Waals surface area (Å²) in [5.74, 6) is 0. The Balaban J connectivity index is 0.00000328. The summed E-state index contributed by atoms with van der Waals surface area (Å²) >= 11 is -3.15. The fourth-order valence-electron chi connectivity index (χ4n) is 12.1. The Labute approximate surface area is 471 Å². The standard InChI is InChI=1S/C53H45.C15H14.C5H5.2ClH.Zr/c1-52(2,3)50-32-46-40(30-48(50)44-21-13-11-19-42(44)38-25-23-34-15-7-9-17-36(34)27-38)29-41-31-49(51(33-47(41)46)53(4,5)6)45-22-14-12-20-43(45)39-26-24-35-16-8-10-18-37(35)28-39;1-3-8-14(9-4-1)12-7-13-15-10-5-2-6-11-15;1-2-4-5-3-1;;;/h7-28,30,32-33H,29H2,1-6H3;1-6,8-11H,12-13H2;1-3H,4H2;2*1H;/q;;;;;+2/p-2. The minimum atomic E-state index is -3.15. The van der Waals surface area contributed by atoms with Gasteiger partial charge < -0.3 is 24.8 Å². The largest absolute Gasteiger partial charge is 1.00 e. The Morgan fingerprint density at radius 1 is 0.421 bits per heavy atom. The van der Waals surface area contributed by atoms with Crippen molar-refractivity contribution in [2.24, 2.45) is 0 Å². The molecular formula is C73H64Cl2Zr. The van der Waals surface area contributed by atoms with Crippen LogP contribution in [0, 0.1) is 0 Å². The smallest absolute Gasteiger partial charge is 1.00 e. The van der Waals surface area contributed by atoms with Crippen molar-refractivity contribution < 1.29 is 46.1 Å². The van der Waals surface area contributed by atoms with Crippen LogP contribution in [0.25, 0.3) is 77.2 Å². The first-order chi connectivity index (χ1) is 36.0. The fraction of sp³-hybridized carbons (Fsp3) is 0.164. The first-order valence-corrected chi connectivity index (χ1v) is 30.4. The average molecular weight is 1100 g/mol. The molecule has 0 atom stereocenters. The second kappa shape index (κ2) is 21.9. The Hall–Kier alpha value is -6.47. The molecule has 0 amide bonds. The molecule has 10 aromatic carbocycles. The van der Waals surface area contributed by atoms with Gasteiger partial charge in [0.05, 0.1) is 0 Å². The van der Waals surface area contributed by atoms with Crippen LogP contribution >= 0.6 is 0 Å². The van der Waals surface area contributed by atoms with Gasteiger partial charge in [-0.25, -0.2) is 0 Å². The summed E-state index contributed by atoms with van der Waals surface area (Å²) in [7, 11) is 0. The molecule has 76 heavy (non-hydrogen) atoms. The van der Waals surface area contributed by atoms with Crippen molar-refractivity contribution in [1.29, 1.82) is 0 Å². The van der Waals surface area contributed by atoms with Gasteiger partial charge in [0.15, 0.2) is 0 Å². The topological polar surface area (TPSA) is 0 Å². The summed E-state index contributed by atoms with van der Waals surface area (Å²) in [6.07, 6.45) is 11.2. The quantitative estimate of drug-likeness (QED) is 0.128. The first kappa shape index (κ1) is 53.0. The third-order valence-electron chi connectivity index (χ3n) is 15.7. The van der Waals surface area contributed by atoms with Gasteiger partial charge >= 0.3 is 432 Å². The van der Waals surface area contributed by atoms with Gasteiger partial charge in [0, 0.05) is 0 Å². The molecule has 0 fully saturated rings. The molecule has 0 saturated heterocycles. The predicted molar refractivity (Wildman–Crippen MR) is 316 cm³/mol. The normalized spacial score (nSPS) is 12.6. The van der Waals surface area contributed by atoms with E-state index in [0.717, 1.165) is 25.7 Å². The zero-order valence-corrected chi connectivity index (χ0v) is 48.5. The second-order valence-corrected chi connectivity index (χ2v) is 29.2. The van der Waals surface area contributed by atoms with Crippen molar-refractivity contribution in [2.75, 3.05) is 0 Å². The van der Waals surface area contributed by atoms with E-state index in [9.17, 15) is 0 Å². The summed E-state index contributed by atoms with van der Waals surface area (Å²) in [6.45, 7) is 14.6. The minimum absolute atomic E-state index is 0. The number of rotatable bonds is 10. The van der Waals surface area contributed by atoms with Gasteiger partial charge in [-0.1, -0.05) is 18.2 Å². The third kappa shape index (κ3) is 10.3. The zero-order chi connectivity index (χ0) is 50.6. The number of benzene rings is 10. The molecule has 3 heteroatoms. The van der Waals surface area contributed by atoms with Gasteiger partial charge in [0.25, 0.3) is 0 Å². The van der Waals surface area contributed by atoms with Crippen molar-refractivity contribution >= 4 is 28.0 Å². The summed E-state index contributed by atoms with van der Waals surface area (Å²) in [6, 6.07) is 80.8. The SMILES string of the molecule is CC(C)(C)c1cc2c(cc1-c1ccccc1-c1ccc3ccccc3c1)Cc1c-2cc(C(C)(C)C)c(-c2ccccc2-c2ccc3ccccc3c2)[c]1[Zr+2]([C]1=CC=CC1)=[C](Cc1ccccc1)Cc1ccccc1.[Cl-].[Cl-]. The molecule has 0 aromatic heterocycles. The first-order valence-electron chi connectivity index (χ1n) is 26.7. The van der Waals surface area contributed by atoms with Gasteiger partial charge in [0.2, 0.25) is 0 Å². The molecule has 0 saturated carbocycles. The van der Waals surface area contributed by atoms with Crippen molar-refractivity contribution in [1.82, 2.24) is 0 Å². The molecule has 374 valence electrons. The molecule has 2 aliphatic carbocycles. The van der Waals surface area contributed by atoms with Crippen LogP contribution in [0.15, 0.2) is 234 Å². The number of halogens is 2. The molecule has 0 heterocycles. The average Bonchev–Trinajstić information content (AvgIpc) is 4.12. The van der Waals surface area contributed by atoms with E-state index in [1.54, 1.807) is 15.3 Å². The number of fused-ring (bicyclic) bond motifs is 5. The van der Waals surface area contributed by atoms with Gasteiger partial charge in [0.1, 0.15) is 0 Å². The number of allylic oxidation sites excluding steroid dienone is 4. The number of hydrogen-bond acceptors (Lipinski definition) is 0. The summed E-state index contributed by atoms with van der Waals surface area (Å²) in [5.41, 5.74) is 21.8. The van der Waals surface area contributed by atoms with E-state index in [1.165, 1.54) is 105 Å². The Morgan fingerprint density at radius 2 is 0.895 bits per heavy atom. The van der Waals surface area contributed by atoms with Crippen LogP contribution in [0.5, 0.6) is 0 Å². The van der Waals surface area contributed by atoms with Crippen LogP contribution < -0.4 is 28.1 Å². The molecule has 0 nitrogen and oxygen atoms in total. The van der Waals surface area contributed by atoms with E-state index < -0.39 is 21.3 Å². The Kier molecular flexibility index (Phi) is 15.2. The molecule has 0 N–H and O–H groups in total. The van der Waals surface area contributed by atoms with Crippen LogP contribution in [0.1, 0.15) is 81.3 Å². The van der Waals surface area contributed by atoms with Gasteiger partial charge in [-0.2, -0.15) is 0 Å². The molecule has 0 unspecified atom stereocenters. The maximum absolute atomic E-state index is 3.15. The molecule has 0 spiro atoms. The molecule has 2 aliphatic rings. The van der Waals surface area contributed by atoms with E-state index in [0.29, 0.717) is 0 Å². The van der Waals surface area contributed by atoms with Crippen molar-refractivity contribution in [2.45, 2.75) is 78.1 Å². The minimum Gasteiger partial charge on any atom is -1.00 e. The van der Waals surface area contributed by atoms with Crippen LogP contribution in [-0.4, -0.2) is 3.21 Å². The van der Waals surface area contributed by atoms with Gasteiger partial charge in [-0.3, -0.25) is 0 Å². The predicted octanol–water partition coefficient (Wildman–Crippen LogP) is 12.6. The monoisotopic (exact) mass is 1100 g/mol. The van der Waals surface area contributed by atoms with E-state index in [-0.39, 0.29) is 35.6 Å². The Bertz CT molecular complexity index is 3850. The van der Waals surface area contributed by atoms with Crippen LogP contribution in [0.4, 0.5) is 0 Å². The maximum Gasteiger partial charge on any atom is -1.00 e. The summed E-state index contributed by atoms with van der Waals surface area (Å²) in [5, 5.41) is 5.08. The molecule has 0 aliphatic heterocycles. The van der Waals surface area contributed by atoms with E-state index in [1.807, 2.05) is 0 Å². The summed E-state index contributed by atoms with van der Waals surface area (Å²) in [4.78, 5) is 0. The molecule has 0 radical (unpaired) electrons. The van der Waals surface area contributed by atoms with Crippen LogP contribution in [0.2, 0.25) is 0 Å². The van der Waals surface area contributed by atoms with Gasteiger partial charge in [-0.15, -0.1) is 0 Å². The fourth-order valence-corrected chi connectivity index (χ4v) is 20.8. The summed E-state index contributed by atoms with van der Waals surface area (Å²) < 4.78 is 5.07. The molecule has 10 aromatic rings. The van der Waals surface area contributed by atoms with Crippen molar-refractivity contribution in [3.63, 3.8) is 0 Å². The van der Waals surface area contributed by atoms with E-state index in [4.69, 9.17) is 0 Å². The van der Waals surface area contributed by atoms with Crippen LogP contribution in [0.3, 0.4) is 0 Å². The Morgan fingerprint density at radius 3 is 1.42 bits per heavy atom. The maximum atomic E-state index is 2.67. The molecule has 12 rings (SSSR count). The molecule has 0 bridgehead atoms. The third-order valence-corrected chi connectivity index (χ3v) is 23.4.